The van der Waals surface area contributed by atoms with E-state index in [-0.39, 0.29) is 24.9 Å². The van der Waals surface area contributed by atoms with Crippen molar-refractivity contribution in [3.8, 4) is 5.75 Å². The molecule has 8 heteroatoms. The highest BCUT2D eigenvalue weighted by atomic mass is 16.5. The van der Waals surface area contributed by atoms with Crippen molar-refractivity contribution < 1.29 is 24.5 Å². The Kier molecular flexibility index (Phi) is 9.88. The Hall–Kier alpha value is -2.94. The Morgan fingerprint density at radius 1 is 1.12 bits per heavy atom. The number of aliphatic hydroxyl groups is 2. The molecule has 0 aliphatic carbocycles. The molecular formula is C26H35N3O5. The number of ether oxygens (including phenoxy) is 1. The molecule has 0 fully saturated rings. The molecule has 3 N–H and O–H groups in total. The van der Waals surface area contributed by atoms with Crippen LogP contribution in [-0.4, -0.2) is 77.8 Å². The number of amides is 2. The van der Waals surface area contributed by atoms with Crippen molar-refractivity contribution in [1.29, 1.82) is 0 Å². The van der Waals surface area contributed by atoms with Gasteiger partial charge < -0.3 is 25.2 Å². The molecule has 1 heterocycles. The number of likely N-dealkylation sites (N-methyl/N-ethyl adjacent to an activating group) is 1. The molecule has 3 rings (SSSR count). The lowest BCUT2D eigenvalue weighted by Crippen LogP contribution is -2.38. The van der Waals surface area contributed by atoms with Gasteiger partial charge >= 0.3 is 0 Å². The number of hydrogen-bond acceptors (Lipinski definition) is 6. The summed E-state index contributed by atoms with van der Waals surface area (Å²) in [7, 11) is 1.59. The Labute approximate surface area is 201 Å². The van der Waals surface area contributed by atoms with Gasteiger partial charge in [-0.3, -0.25) is 14.5 Å². The van der Waals surface area contributed by atoms with Gasteiger partial charge in [-0.05, 0) is 37.0 Å². The van der Waals surface area contributed by atoms with E-state index < -0.39 is 12.7 Å². The predicted octanol–water partition coefficient (Wildman–Crippen LogP) is 1.79. The standard InChI is InChI=1S/C26H35N3O5/c1-28(16-21(31)19-30)26(33)22-11-8-12-24-23(22)17-29(15-20-9-4-2-5-10-20)18-25(32)27-13-6-3-7-14-34-24/h2,4-5,8-12,21,30-31H,3,6-7,13-19H2,1H3,(H,27,32). The summed E-state index contributed by atoms with van der Waals surface area (Å²) in [4.78, 5) is 29.4. The van der Waals surface area contributed by atoms with Crippen molar-refractivity contribution in [2.45, 2.75) is 38.5 Å². The molecule has 2 amide bonds. The summed E-state index contributed by atoms with van der Waals surface area (Å²) in [5.41, 5.74) is 2.23. The van der Waals surface area contributed by atoms with E-state index in [0.717, 1.165) is 24.8 Å². The quantitative estimate of drug-likeness (QED) is 0.596. The highest BCUT2D eigenvalue weighted by Gasteiger charge is 2.23. The molecule has 2 aromatic rings. The van der Waals surface area contributed by atoms with Crippen LogP contribution in [0.15, 0.2) is 48.5 Å². The van der Waals surface area contributed by atoms with Crippen LogP contribution in [-0.2, 0) is 17.9 Å². The zero-order valence-electron chi connectivity index (χ0n) is 19.8. The van der Waals surface area contributed by atoms with Gasteiger partial charge in [-0.15, -0.1) is 0 Å². The Balaban J connectivity index is 1.95. The first-order valence-corrected chi connectivity index (χ1v) is 11.8. The maximum Gasteiger partial charge on any atom is 0.254 e. The zero-order valence-corrected chi connectivity index (χ0v) is 19.8. The monoisotopic (exact) mass is 469 g/mol. The third-order valence-electron chi connectivity index (χ3n) is 5.80. The third-order valence-corrected chi connectivity index (χ3v) is 5.80. The molecule has 0 aromatic heterocycles. The highest BCUT2D eigenvalue weighted by molar-refractivity contribution is 5.96. The van der Waals surface area contributed by atoms with Gasteiger partial charge in [-0.2, -0.15) is 0 Å². The van der Waals surface area contributed by atoms with Gasteiger partial charge in [-0.25, -0.2) is 0 Å². The number of carbonyl (C=O) groups is 2. The average Bonchev–Trinajstić information content (AvgIpc) is 2.85. The second kappa shape index (κ2) is 13.1. The molecule has 34 heavy (non-hydrogen) atoms. The number of rotatable bonds is 6. The van der Waals surface area contributed by atoms with Crippen LogP contribution in [0.25, 0.3) is 0 Å². The van der Waals surface area contributed by atoms with Crippen LogP contribution in [0.1, 0.15) is 40.7 Å². The molecule has 0 bridgehead atoms. The normalized spacial score (nSPS) is 16.6. The van der Waals surface area contributed by atoms with E-state index in [1.54, 1.807) is 19.2 Å². The van der Waals surface area contributed by atoms with Crippen molar-refractivity contribution >= 4 is 11.8 Å². The van der Waals surface area contributed by atoms with Crippen LogP contribution < -0.4 is 10.1 Å². The fourth-order valence-corrected chi connectivity index (χ4v) is 4.03. The first-order valence-electron chi connectivity index (χ1n) is 11.8. The van der Waals surface area contributed by atoms with E-state index in [2.05, 4.69) is 5.32 Å². The summed E-state index contributed by atoms with van der Waals surface area (Å²) in [5.74, 6) is 0.297. The second-order valence-corrected chi connectivity index (χ2v) is 8.69. The fraction of sp³-hybridized carbons (Fsp3) is 0.462. The number of nitrogens with one attached hydrogen (secondary N) is 1. The largest absolute Gasteiger partial charge is 0.493 e. The fourth-order valence-electron chi connectivity index (χ4n) is 4.03. The Morgan fingerprint density at radius 3 is 2.68 bits per heavy atom. The van der Waals surface area contributed by atoms with E-state index in [4.69, 9.17) is 4.74 Å². The minimum atomic E-state index is -1.02. The maximum absolute atomic E-state index is 13.3. The maximum atomic E-state index is 13.3. The van der Waals surface area contributed by atoms with E-state index in [9.17, 15) is 19.8 Å². The molecule has 1 aliphatic heterocycles. The lowest BCUT2D eigenvalue weighted by molar-refractivity contribution is -0.122. The summed E-state index contributed by atoms with van der Waals surface area (Å²) < 4.78 is 6.11. The number of hydrogen-bond donors (Lipinski definition) is 3. The molecule has 2 aromatic carbocycles. The Bertz CT molecular complexity index is 937. The van der Waals surface area contributed by atoms with Crippen LogP contribution in [0.4, 0.5) is 0 Å². The van der Waals surface area contributed by atoms with Crippen LogP contribution in [0.2, 0.25) is 0 Å². The molecule has 0 spiro atoms. The van der Waals surface area contributed by atoms with E-state index in [0.29, 0.717) is 43.1 Å². The lowest BCUT2D eigenvalue weighted by atomic mass is 10.0. The predicted molar refractivity (Wildman–Crippen MR) is 129 cm³/mol. The van der Waals surface area contributed by atoms with Gasteiger partial charge in [0.05, 0.1) is 25.9 Å². The van der Waals surface area contributed by atoms with Crippen molar-refractivity contribution in [2.24, 2.45) is 0 Å². The van der Waals surface area contributed by atoms with Crippen LogP contribution in [0.3, 0.4) is 0 Å². The van der Waals surface area contributed by atoms with Crippen molar-refractivity contribution in [3.05, 3.63) is 65.2 Å². The van der Waals surface area contributed by atoms with Crippen molar-refractivity contribution in [1.82, 2.24) is 15.1 Å². The summed E-state index contributed by atoms with van der Waals surface area (Å²) in [6, 6.07) is 15.3. The van der Waals surface area contributed by atoms with Crippen LogP contribution in [0, 0.1) is 0 Å². The van der Waals surface area contributed by atoms with E-state index >= 15 is 0 Å². The van der Waals surface area contributed by atoms with Crippen molar-refractivity contribution in [3.63, 3.8) is 0 Å². The smallest absolute Gasteiger partial charge is 0.254 e. The van der Waals surface area contributed by atoms with Gasteiger partial charge in [-0.1, -0.05) is 36.4 Å². The highest BCUT2D eigenvalue weighted by Crippen LogP contribution is 2.27. The molecule has 0 radical (unpaired) electrons. The number of aliphatic hydroxyl groups excluding tert-OH is 2. The summed E-state index contributed by atoms with van der Waals surface area (Å²) >= 11 is 0. The summed E-state index contributed by atoms with van der Waals surface area (Å²) in [5, 5.41) is 22.0. The topological polar surface area (TPSA) is 102 Å². The number of nitrogens with zero attached hydrogens (tertiary/aromatic N) is 2. The molecule has 1 unspecified atom stereocenters. The number of fused-ring (bicyclic) bond motifs is 1. The SMILES string of the molecule is CN(CC(O)CO)C(=O)c1cccc2c1CN(Cc1ccccc1)CC(=O)NCCCCCO2. The molecule has 184 valence electrons. The minimum Gasteiger partial charge on any atom is -0.493 e. The first-order chi connectivity index (χ1) is 16.5. The molecule has 0 saturated carbocycles. The summed E-state index contributed by atoms with van der Waals surface area (Å²) in [6.45, 7) is 1.81. The van der Waals surface area contributed by atoms with Crippen LogP contribution >= 0.6 is 0 Å². The van der Waals surface area contributed by atoms with E-state index in [1.807, 2.05) is 41.3 Å². The first kappa shape index (κ1) is 25.7. The van der Waals surface area contributed by atoms with Gasteiger partial charge in [0.25, 0.3) is 5.91 Å². The Morgan fingerprint density at radius 2 is 1.91 bits per heavy atom. The van der Waals surface area contributed by atoms with Gasteiger partial charge in [0.15, 0.2) is 0 Å². The molecule has 1 atom stereocenters. The average molecular weight is 470 g/mol. The summed E-state index contributed by atoms with van der Waals surface area (Å²) in [6.07, 6.45) is 1.65. The third kappa shape index (κ3) is 7.55. The van der Waals surface area contributed by atoms with Gasteiger partial charge in [0.1, 0.15) is 5.75 Å². The van der Waals surface area contributed by atoms with Gasteiger partial charge in [0.2, 0.25) is 5.91 Å². The number of benzene rings is 2. The lowest BCUT2D eigenvalue weighted by Gasteiger charge is -2.26. The van der Waals surface area contributed by atoms with Gasteiger partial charge in [0, 0.05) is 44.4 Å². The molecular weight excluding hydrogens is 434 g/mol. The van der Waals surface area contributed by atoms with Crippen LogP contribution in [0.5, 0.6) is 5.75 Å². The second-order valence-electron chi connectivity index (χ2n) is 8.69. The van der Waals surface area contributed by atoms with Crippen molar-refractivity contribution in [2.75, 3.05) is 39.9 Å². The molecule has 8 nitrogen and oxygen atoms in total. The van der Waals surface area contributed by atoms with E-state index in [1.165, 1.54) is 4.90 Å². The minimum absolute atomic E-state index is 0.00991. The zero-order chi connectivity index (χ0) is 24.3. The molecule has 0 saturated heterocycles. The number of carbonyl (C=O) groups excluding carboxylic acids is 2. The molecule has 1 aliphatic rings.